The molecule has 25 heavy (non-hydrogen) atoms. The molecule has 2 amide bonds. The number of hydrogen-bond acceptors (Lipinski definition) is 5. The van der Waals surface area contributed by atoms with Crippen LogP contribution in [-0.4, -0.2) is 46.2 Å². The van der Waals surface area contributed by atoms with Crippen LogP contribution in [0.1, 0.15) is 37.0 Å². The average Bonchev–Trinajstić information content (AvgIpc) is 2.70. The SMILES string of the molecule is COCCCCNC(=O)c1cccc(N2C(=O)C(C)(C)CS2(=O)=O)c1. The average molecular weight is 368 g/mol. The molecule has 2 rings (SSSR count). The van der Waals surface area contributed by atoms with E-state index < -0.39 is 21.3 Å². The molecule has 1 fully saturated rings. The molecule has 138 valence electrons. The van der Waals surface area contributed by atoms with Crippen molar-refractivity contribution in [1.82, 2.24) is 5.32 Å². The van der Waals surface area contributed by atoms with E-state index in [-0.39, 0.29) is 17.3 Å². The number of amides is 2. The minimum absolute atomic E-state index is 0.197. The number of rotatable bonds is 7. The maximum Gasteiger partial charge on any atom is 0.251 e. The molecule has 0 radical (unpaired) electrons. The minimum Gasteiger partial charge on any atom is -0.385 e. The zero-order valence-corrected chi connectivity index (χ0v) is 15.6. The molecular weight excluding hydrogens is 344 g/mol. The van der Waals surface area contributed by atoms with Gasteiger partial charge in [0.1, 0.15) is 0 Å². The molecule has 1 aliphatic heterocycles. The normalized spacial score (nSPS) is 18.4. The molecule has 1 aromatic rings. The van der Waals surface area contributed by atoms with Gasteiger partial charge >= 0.3 is 0 Å². The fraction of sp³-hybridized carbons (Fsp3) is 0.529. The highest BCUT2D eigenvalue weighted by Gasteiger charge is 2.49. The van der Waals surface area contributed by atoms with Crippen LogP contribution in [0.5, 0.6) is 0 Å². The Morgan fingerprint density at radius 2 is 2.04 bits per heavy atom. The van der Waals surface area contributed by atoms with Gasteiger partial charge in [0.25, 0.3) is 5.91 Å². The second-order valence-electron chi connectivity index (χ2n) is 6.72. The number of sulfonamides is 1. The van der Waals surface area contributed by atoms with Gasteiger partial charge in [-0.3, -0.25) is 9.59 Å². The molecule has 1 saturated heterocycles. The fourth-order valence-corrected chi connectivity index (χ4v) is 4.81. The first-order valence-electron chi connectivity index (χ1n) is 8.14. The third-order valence-electron chi connectivity index (χ3n) is 3.99. The van der Waals surface area contributed by atoms with E-state index in [4.69, 9.17) is 4.74 Å². The van der Waals surface area contributed by atoms with Gasteiger partial charge in [-0.1, -0.05) is 6.07 Å². The maximum atomic E-state index is 12.4. The number of nitrogens with one attached hydrogen (secondary N) is 1. The lowest BCUT2D eigenvalue weighted by Gasteiger charge is -2.18. The summed E-state index contributed by atoms with van der Waals surface area (Å²) in [4.78, 5) is 24.7. The summed E-state index contributed by atoms with van der Waals surface area (Å²) in [6.07, 6.45) is 1.62. The quantitative estimate of drug-likeness (QED) is 0.737. The summed E-state index contributed by atoms with van der Waals surface area (Å²) in [6.45, 7) is 4.34. The van der Waals surface area contributed by atoms with Crippen molar-refractivity contribution in [2.45, 2.75) is 26.7 Å². The Bertz CT molecular complexity index is 758. The molecule has 1 heterocycles. The molecule has 8 heteroatoms. The van der Waals surface area contributed by atoms with Crippen molar-refractivity contribution in [3.05, 3.63) is 29.8 Å². The Hall–Kier alpha value is -1.93. The second-order valence-corrected chi connectivity index (χ2v) is 8.53. The molecule has 7 nitrogen and oxygen atoms in total. The first-order valence-corrected chi connectivity index (χ1v) is 9.74. The van der Waals surface area contributed by atoms with Crippen LogP contribution in [0.3, 0.4) is 0 Å². The molecule has 0 spiro atoms. The highest BCUT2D eigenvalue weighted by atomic mass is 32.2. The van der Waals surface area contributed by atoms with Gasteiger partial charge in [0.2, 0.25) is 15.9 Å². The van der Waals surface area contributed by atoms with Crippen LogP contribution in [0, 0.1) is 5.41 Å². The Balaban J connectivity index is 2.14. The van der Waals surface area contributed by atoms with Crippen LogP contribution < -0.4 is 9.62 Å². The lowest BCUT2D eigenvalue weighted by Crippen LogP contribution is -2.33. The molecule has 0 atom stereocenters. The Kier molecular flexibility index (Phi) is 5.84. The number of anilines is 1. The van der Waals surface area contributed by atoms with Crippen molar-refractivity contribution in [3.63, 3.8) is 0 Å². The number of methoxy groups -OCH3 is 1. The van der Waals surface area contributed by atoms with Crippen molar-refractivity contribution in [2.75, 3.05) is 30.3 Å². The van der Waals surface area contributed by atoms with Crippen molar-refractivity contribution in [1.29, 1.82) is 0 Å². The van der Waals surface area contributed by atoms with Gasteiger partial charge in [-0.25, -0.2) is 12.7 Å². The van der Waals surface area contributed by atoms with Crippen molar-refractivity contribution in [3.8, 4) is 0 Å². The minimum atomic E-state index is -3.73. The molecule has 0 unspecified atom stereocenters. The van der Waals surface area contributed by atoms with Gasteiger partial charge in [0, 0.05) is 25.8 Å². The zero-order chi connectivity index (χ0) is 18.7. The lowest BCUT2D eigenvalue weighted by molar-refractivity contribution is -0.123. The standard InChI is InChI=1S/C17H24N2O5S/c1-17(2)12-25(22,23)19(16(17)21)14-8-6-7-13(11-14)15(20)18-9-4-5-10-24-3/h6-8,11H,4-5,9-10,12H2,1-3H3,(H,18,20). The van der Waals surface area contributed by atoms with Crippen molar-refractivity contribution in [2.24, 2.45) is 5.41 Å². The summed E-state index contributed by atoms with van der Waals surface area (Å²) in [7, 11) is -2.10. The van der Waals surface area contributed by atoms with Crippen LogP contribution in [0.2, 0.25) is 0 Å². The van der Waals surface area contributed by atoms with Crippen LogP contribution in [-0.2, 0) is 19.6 Å². The lowest BCUT2D eigenvalue weighted by atomic mass is 9.95. The van der Waals surface area contributed by atoms with Gasteiger partial charge in [0.05, 0.1) is 16.9 Å². The number of hydrogen-bond donors (Lipinski definition) is 1. The molecule has 1 aliphatic rings. The van der Waals surface area contributed by atoms with Gasteiger partial charge in [-0.2, -0.15) is 0 Å². The summed E-state index contributed by atoms with van der Waals surface area (Å²) in [5.41, 5.74) is -0.460. The van der Waals surface area contributed by atoms with Crippen LogP contribution in [0.4, 0.5) is 5.69 Å². The van der Waals surface area contributed by atoms with Gasteiger partial charge in [0.15, 0.2) is 0 Å². The summed E-state index contributed by atoms with van der Waals surface area (Å²) in [5, 5.41) is 2.78. The van der Waals surface area contributed by atoms with E-state index in [1.165, 1.54) is 12.1 Å². The molecule has 1 N–H and O–H groups in total. The van der Waals surface area contributed by atoms with E-state index >= 15 is 0 Å². The summed E-state index contributed by atoms with van der Waals surface area (Å²) in [5.74, 6) is -1.03. The highest BCUT2D eigenvalue weighted by Crippen LogP contribution is 2.35. The van der Waals surface area contributed by atoms with Crippen LogP contribution >= 0.6 is 0 Å². The summed E-state index contributed by atoms with van der Waals surface area (Å²) in [6, 6.07) is 6.11. The predicted molar refractivity (Wildman–Crippen MR) is 94.9 cm³/mol. The van der Waals surface area contributed by atoms with E-state index in [0.717, 1.165) is 17.1 Å². The van der Waals surface area contributed by atoms with Crippen LogP contribution in [0.25, 0.3) is 0 Å². The third-order valence-corrected chi connectivity index (χ3v) is 6.01. The van der Waals surface area contributed by atoms with Crippen molar-refractivity contribution >= 4 is 27.5 Å². The number of benzene rings is 1. The molecule has 0 bridgehead atoms. The number of nitrogens with zero attached hydrogens (tertiary/aromatic N) is 1. The van der Waals surface area contributed by atoms with E-state index in [1.54, 1.807) is 33.1 Å². The fourth-order valence-electron chi connectivity index (χ4n) is 2.71. The van der Waals surface area contributed by atoms with Crippen molar-refractivity contribution < 1.29 is 22.7 Å². The zero-order valence-electron chi connectivity index (χ0n) is 14.7. The van der Waals surface area contributed by atoms with Crippen LogP contribution in [0.15, 0.2) is 24.3 Å². The Morgan fingerprint density at radius 1 is 1.32 bits per heavy atom. The number of ether oxygens (including phenoxy) is 1. The maximum absolute atomic E-state index is 12.4. The summed E-state index contributed by atoms with van der Waals surface area (Å²) < 4.78 is 30.4. The predicted octanol–water partition coefficient (Wildman–Crippen LogP) is 1.55. The number of carbonyl (C=O) groups is 2. The second kappa shape index (κ2) is 7.53. The Labute approximate surface area is 148 Å². The smallest absolute Gasteiger partial charge is 0.251 e. The number of unbranched alkanes of at least 4 members (excludes halogenated alkanes) is 1. The van der Waals surface area contributed by atoms with Gasteiger partial charge in [-0.05, 0) is 44.9 Å². The molecule has 0 aromatic heterocycles. The molecule has 0 saturated carbocycles. The van der Waals surface area contributed by atoms with Gasteiger partial charge < -0.3 is 10.1 Å². The van der Waals surface area contributed by atoms with Gasteiger partial charge in [-0.15, -0.1) is 0 Å². The molecule has 0 aliphatic carbocycles. The van der Waals surface area contributed by atoms with E-state index in [0.29, 0.717) is 18.7 Å². The first kappa shape index (κ1) is 19.4. The summed E-state index contributed by atoms with van der Waals surface area (Å²) >= 11 is 0. The monoisotopic (exact) mass is 368 g/mol. The molecular formula is C17H24N2O5S. The number of carbonyl (C=O) groups excluding carboxylic acids is 2. The highest BCUT2D eigenvalue weighted by molar-refractivity contribution is 7.94. The first-order chi connectivity index (χ1) is 11.7. The largest absolute Gasteiger partial charge is 0.385 e. The van der Waals surface area contributed by atoms with E-state index in [1.807, 2.05) is 0 Å². The third kappa shape index (κ3) is 4.38. The molecule has 1 aromatic carbocycles. The van der Waals surface area contributed by atoms with E-state index in [9.17, 15) is 18.0 Å². The van der Waals surface area contributed by atoms with E-state index in [2.05, 4.69) is 5.32 Å². The Morgan fingerprint density at radius 3 is 2.64 bits per heavy atom. The topological polar surface area (TPSA) is 92.8 Å².